The molecule has 0 spiro atoms. The summed E-state index contributed by atoms with van der Waals surface area (Å²) < 4.78 is 1.86. The molecule has 0 bridgehead atoms. The molecule has 7 nitrogen and oxygen atoms in total. The maximum absolute atomic E-state index is 4.47. The summed E-state index contributed by atoms with van der Waals surface area (Å²) in [5.74, 6) is 1.92. The zero-order valence-electron chi connectivity index (χ0n) is 14.3. The Morgan fingerprint density at radius 1 is 1.22 bits per heavy atom. The molecule has 0 aromatic carbocycles. The summed E-state index contributed by atoms with van der Waals surface area (Å²) in [5, 5.41) is 4.47. The summed E-state index contributed by atoms with van der Waals surface area (Å²) in [5.41, 5.74) is 1.13. The van der Waals surface area contributed by atoms with Gasteiger partial charge in [0.25, 0.3) is 0 Å². The molecule has 2 aromatic rings. The van der Waals surface area contributed by atoms with Gasteiger partial charge in [-0.05, 0) is 12.5 Å². The van der Waals surface area contributed by atoms with Crippen molar-refractivity contribution in [2.75, 3.05) is 44.0 Å². The fourth-order valence-corrected chi connectivity index (χ4v) is 3.01. The van der Waals surface area contributed by atoms with Gasteiger partial charge in [-0.1, -0.05) is 0 Å². The standard InChI is InChI=1S/C16H25N7/c1-20(2)15-9-16(18-12-17-15)22(4)14-6-8-23(11-14)10-13-5-7-21(3)19-13/h5,7,9,12,14H,6,8,10-11H2,1-4H3. The molecule has 1 fully saturated rings. The lowest BCUT2D eigenvalue weighted by molar-refractivity contribution is 0.320. The highest BCUT2D eigenvalue weighted by Gasteiger charge is 2.27. The van der Waals surface area contributed by atoms with Crippen molar-refractivity contribution >= 4 is 11.6 Å². The second-order valence-corrected chi connectivity index (χ2v) is 6.40. The smallest absolute Gasteiger partial charge is 0.134 e. The molecule has 3 heterocycles. The third-order valence-electron chi connectivity index (χ3n) is 4.41. The van der Waals surface area contributed by atoms with E-state index in [1.165, 1.54) is 0 Å². The van der Waals surface area contributed by atoms with Crippen molar-refractivity contribution in [3.05, 3.63) is 30.4 Å². The molecule has 1 aliphatic heterocycles. The SMILES string of the molecule is CN(C)c1cc(N(C)C2CCN(Cc3ccn(C)n3)C2)ncn1. The molecular formula is C16H25N7. The highest BCUT2D eigenvalue weighted by Crippen LogP contribution is 2.22. The molecule has 0 radical (unpaired) electrons. The number of likely N-dealkylation sites (N-methyl/N-ethyl adjacent to an activating group) is 1. The van der Waals surface area contributed by atoms with E-state index in [4.69, 9.17) is 0 Å². The van der Waals surface area contributed by atoms with Gasteiger partial charge in [-0.15, -0.1) is 0 Å². The molecule has 1 aliphatic rings. The largest absolute Gasteiger partial charge is 0.363 e. The second kappa shape index (κ2) is 6.54. The highest BCUT2D eigenvalue weighted by atomic mass is 15.3. The van der Waals surface area contributed by atoms with Crippen LogP contribution in [-0.4, -0.2) is 64.9 Å². The monoisotopic (exact) mass is 315 g/mol. The minimum atomic E-state index is 0.476. The van der Waals surface area contributed by atoms with Gasteiger partial charge >= 0.3 is 0 Å². The zero-order chi connectivity index (χ0) is 16.4. The van der Waals surface area contributed by atoms with Crippen LogP contribution in [0.2, 0.25) is 0 Å². The maximum Gasteiger partial charge on any atom is 0.134 e. The van der Waals surface area contributed by atoms with E-state index in [1.54, 1.807) is 6.33 Å². The quantitative estimate of drug-likeness (QED) is 0.820. The Morgan fingerprint density at radius 3 is 2.70 bits per heavy atom. The lowest BCUT2D eigenvalue weighted by Crippen LogP contribution is -2.35. The molecule has 7 heteroatoms. The van der Waals surface area contributed by atoms with E-state index in [2.05, 4.69) is 38.0 Å². The van der Waals surface area contributed by atoms with Gasteiger partial charge in [0.15, 0.2) is 0 Å². The van der Waals surface area contributed by atoms with E-state index in [0.717, 1.165) is 43.4 Å². The van der Waals surface area contributed by atoms with Gasteiger partial charge in [0.1, 0.15) is 18.0 Å². The Bertz CT molecular complexity index is 651. The van der Waals surface area contributed by atoms with E-state index >= 15 is 0 Å². The van der Waals surface area contributed by atoms with Crippen LogP contribution in [0.3, 0.4) is 0 Å². The average Bonchev–Trinajstić information content (AvgIpc) is 3.16. The summed E-state index contributed by atoms with van der Waals surface area (Å²) in [6.07, 6.45) is 4.78. The molecular weight excluding hydrogens is 290 g/mol. The number of anilines is 2. The summed E-state index contributed by atoms with van der Waals surface area (Å²) in [7, 11) is 8.07. The number of nitrogens with zero attached hydrogens (tertiary/aromatic N) is 7. The summed E-state index contributed by atoms with van der Waals surface area (Å²) in [4.78, 5) is 15.4. The van der Waals surface area contributed by atoms with Crippen LogP contribution < -0.4 is 9.80 Å². The Morgan fingerprint density at radius 2 is 2.00 bits per heavy atom. The first-order valence-corrected chi connectivity index (χ1v) is 7.96. The molecule has 3 rings (SSSR count). The van der Waals surface area contributed by atoms with Crippen LogP contribution in [-0.2, 0) is 13.6 Å². The van der Waals surface area contributed by atoms with Gasteiger partial charge in [-0.3, -0.25) is 9.58 Å². The van der Waals surface area contributed by atoms with E-state index in [-0.39, 0.29) is 0 Å². The highest BCUT2D eigenvalue weighted by molar-refractivity contribution is 5.49. The molecule has 0 N–H and O–H groups in total. The minimum absolute atomic E-state index is 0.476. The number of likely N-dealkylation sites (tertiary alicyclic amines) is 1. The van der Waals surface area contributed by atoms with Crippen molar-refractivity contribution in [3.63, 3.8) is 0 Å². The summed E-state index contributed by atoms with van der Waals surface area (Å²) >= 11 is 0. The second-order valence-electron chi connectivity index (χ2n) is 6.40. The fourth-order valence-electron chi connectivity index (χ4n) is 3.01. The number of rotatable bonds is 5. The third kappa shape index (κ3) is 3.61. The van der Waals surface area contributed by atoms with Crippen molar-refractivity contribution in [2.24, 2.45) is 7.05 Å². The van der Waals surface area contributed by atoms with Crippen LogP contribution in [0.15, 0.2) is 24.7 Å². The Hall–Kier alpha value is -2.15. The topological polar surface area (TPSA) is 53.3 Å². The number of hydrogen-bond donors (Lipinski definition) is 0. The van der Waals surface area contributed by atoms with E-state index in [1.807, 2.05) is 43.0 Å². The Balaban J connectivity index is 1.63. The van der Waals surface area contributed by atoms with Crippen molar-refractivity contribution < 1.29 is 0 Å². The number of aromatic nitrogens is 4. The molecule has 124 valence electrons. The molecule has 0 aliphatic carbocycles. The van der Waals surface area contributed by atoms with Crippen LogP contribution >= 0.6 is 0 Å². The lowest BCUT2D eigenvalue weighted by Gasteiger charge is -2.26. The normalized spacial score (nSPS) is 18.3. The fraction of sp³-hybridized carbons (Fsp3) is 0.562. The zero-order valence-corrected chi connectivity index (χ0v) is 14.3. The predicted octanol–water partition coefficient (Wildman–Crippen LogP) is 0.987. The first-order valence-electron chi connectivity index (χ1n) is 7.96. The number of hydrogen-bond acceptors (Lipinski definition) is 6. The van der Waals surface area contributed by atoms with E-state index in [9.17, 15) is 0 Å². The first kappa shape index (κ1) is 15.7. The summed E-state index contributed by atoms with van der Waals surface area (Å²) in [6, 6.07) is 4.61. The van der Waals surface area contributed by atoms with Gasteiger partial charge < -0.3 is 9.80 Å². The van der Waals surface area contributed by atoms with Crippen molar-refractivity contribution in [2.45, 2.75) is 19.0 Å². The first-order chi connectivity index (χ1) is 11.0. The van der Waals surface area contributed by atoms with E-state index < -0.39 is 0 Å². The molecule has 2 aromatic heterocycles. The van der Waals surface area contributed by atoms with Gasteiger partial charge in [0.05, 0.1) is 5.69 Å². The van der Waals surface area contributed by atoms with E-state index in [0.29, 0.717) is 6.04 Å². The predicted molar refractivity (Wildman–Crippen MR) is 91.7 cm³/mol. The third-order valence-corrected chi connectivity index (χ3v) is 4.41. The maximum atomic E-state index is 4.47. The van der Waals surface area contributed by atoms with Crippen LogP contribution in [0.1, 0.15) is 12.1 Å². The molecule has 1 saturated heterocycles. The van der Waals surface area contributed by atoms with Gasteiger partial charge in [0.2, 0.25) is 0 Å². The van der Waals surface area contributed by atoms with Gasteiger partial charge in [-0.2, -0.15) is 5.10 Å². The van der Waals surface area contributed by atoms with Crippen molar-refractivity contribution in [1.29, 1.82) is 0 Å². The molecule has 1 atom stereocenters. The minimum Gasteiger partial charge on any atom is -0.363 e. The van der Waals surface area contributed by atoms with Crippen molar-refractivity contribution in [1.82, 2.24) is 24.6 Å². The molecule has 1 unspecified atom stereocenters. The molecule has 23 heavy (non-hydrogen) atoms. The van der Waals surface area contributed by atoms with Crippen LogP contribution in [0.5, 0.6) is 0 Å². The van der Waals surface area contributed by atoms with Crippen LogP contribution in [0.25, 0.3) is 0 Å². The van der Waals surface area contributed by atoms with Crippen molar-refractivity contribution in [3.8, 4) is 0 Å². The Labute approximate surface area is 137 Å². The Kier molecular flexibility index (Phi) is 4.47. The lowest BCUT2D eigenvalue weighted by atomic mass is 10.2. The summed E-state index contributed by atoms with van der Waals surface area (Å²) in [6.45, 7) is 3.05. The molecule has 0 amide bonds. The van der Waals surface area contributed by atoms with Crippen LogP contribution in [0.4, 0.5) is 11.6 Å². The number of aryl methyl sites for hydroxylation is 1. The van der Waals surface area contributed by atoms with Gasteiger partial charge in [-0.25, -0.2) is 9.97 Å². The average molecular weight is 315 g/mol. The molecule has 0 saturated carbocycles. The van der Waals surface area contributed by atoms with Crippen LogP contribution in [0, 0.1) is 0 Å². The van der Waals surface area contributed by atoms with Gasteiger partial charge in [0, 0.05) is 66.1 Å².